The van der Waals surface area contributed by atoms with Gasteiger partial charge in [-0.05, 0) is 25.0 Å². The molecule has 3 N–H and O–H groups in total. The molecule has 0 spiro atoms. The van der Waals surface area contributed by atoms with Gasteiger partial charge in [-0.2, -0.15) is 0 Å². The van der Waals surface area contributed by atoms with Crippen molar-refractivity contribution >= 4 is 29.9 Å². The van der Waals surface area contributed by atoms with Crippen LogP contribution >= 0.6 is 24.0 Å². The Morgan fingerprint density at radius 1 is 1.27 bits per heavy atom. The molecule has 0 amide bonds. The van der Waals surface area contributed by atoms with Crippen molar-refractivity contribution in [2.45, 2.75) is 38.3 Å². The molecule has 0 atom stereocenters. The Kier molecular flexibility index (Phi) is 6.17. The molecule has 1 saturated carbocycles. The lowest BCUT2D eigenvalue weighted by Gasteiger charge is -2.12. The fourth-order valence-corrected chi connectivity index (χ4v) is 2.65. The van der Waals surface area contributed by atoms with Crippen LogP contribution in [0.4, 0.5) is 0 Å². The van der Waals surface area contributed by atoms with Crippen LogP contribution in [0.3, 0.4) is 0 Å². The summed E-state index contributed by atoms with van der Waals surface area (Å²) in [4.78, 5) is 4.38. The highest BCUT2D eigenvalue weighted by molar-refractivity contribution is 14.0. The number of guanidine groups is 1. The first-order chi connectivity index (χ1) is 10.3. The second-order valence-corrected chi connectivity index (χ2v) is 5.28. The number of aliphatic imine (C=N–C) groups is 1. The molecule has 118 valence electrons. The molecule has 1 aromatic heterocycles. The number of aromatic nitrogens is 3. The van der Waals surface area contributed by atoms with E-state index >= 15 is 0 Å². The van der Waals surface area contributed by atoms with Crippen molar-refractivity contribution in [2.24, 2.45) is 10.7 Å². The monoisotopic (exact) mass is 412 g/mol. The maximum atomic E-state index is 5.94. The summed E-state index contributed by atoms with van der Waals surface area (Å²) in [7, 11) is 0. The molecule has 1 fully saturated rings. The quantitative estimate of drug-likeness (QED) is 0.459. The second-order valence-electron chi connectivity index (χ2n) is 5.28. The molecule has 22 heavy (non-hydrogen) atoms. The molecule has 1 aliphatic carbocycles. The minimum atomic E-state index is 0. The molecular weight excluding hydrogens is 391 g/mol. The zero-order valence-electron chi connectivity index (χ0n) is 12.4. The molecule has 6 nitrogen and oxygen atoms in total. The molecular formula is C15H21IN6. The minimum absolute atomic E-state index is 0. The summed E-state index contributed by atoms with van der Waals surface area (Å²) in [6, 6.07) is 10.4. The Labute approximate surface area is 147 Å². The molecule has 0 bridgehead atoms. The summed E-state index contributed by atoms with van der Waals surface area (Å²) in [6.45, 7) is 0.417. The highest BCUT2D eigenvalue weighted by Gasteiger charge is 2.15. The van der Waals surface area contributed by atoms with E-state index in [1.165, 1.54) is 25.7 Å². The SMILES string of the molecule is I.NC(=NCc1nncn1-c1ccccc1)NC1CCCC1. The predicted molar refractivity (Wildman–Crippen MR) is 97.5 cm³/mol. The number of hydrogen-bond acceptors (Lipinski definition) is 3. The van der Waals surface area contributed by atoms with E-state index in [2.05, 4.69) is 20.5 Å². The number of para-hydroxylation sites is 1. The van der Waals surface area contributed by atoms with Crippen LogP contribution in [0.1, 0.15) is 31.5 Å². The van der Waals surface area contributed by atoms with Gasteiger partial charge in [0.15, 0.2) is 11.8 Å². The molecule has 1 aromatic carbocycles. The first-order valence-corrected chi connectivity index (χ1v) is 7.34. The van der Waals surface area contributed by atoms with E-state index in [9.17, 15) is 0 Å². The minimum Gasteiger partial charge on any atom is -0.370 e. The average Bonchev–Trinajstić information content (AvgIpc) is 3.17. The van der Waals surface area contributed by atoms with Crippen molar-refractivity contribution in [1.82, 2.24) is 20.1 Å². The molecule has 1 aliphatic rings. The zero-order valence-corrected chi connectivity index (χ0v) is 14.7. The summed E-state index contributed by atoms with van der Waals surface area (Å²) in [5.41, 5.74) is 6.96. The van der Waals surface area contributed by atoms with Gasteiger partial charge in [-0.25, -0.2) is 4.99 Å². The summed E-state index contributed by atoms with van der Waals surface area (Å²) < 4.78 is 1.92. The van der Waals surface area contributed by atoms with E-state index in [0.717, 1.165) is 11.5 Å². The Bertz CT molecular complexity index is 604. The number of hydrogen-bond donors (Lipinski definition) is 2. The molecule has 7 heteroatoms. The average molecular weight is 412 g/mol. The first-order valence-electron chi connectivity index (χ1n) is 7.34. The summed E-state index contributed by atoms with van der Waals surface area (Å²) in [5.74, 6) is 1.27. The van der Waals surface area contributed by atoms with Gasteiger partial charge in [0.25, 0.3) is 0 Å². The van der Waals surface area contributed by atoms with E-state index in [-0.39, 0.29) is 24.0 Å². The van der Waals surface area contributed by atoms with Crippen LogP contribution in [0.25, 0.3) is 5.69 Å². The van der Waals surface area contributed by atoms with E-state index in [4.69, 9.17) is 5.73 Å². The van der Waals surface area contributed by atoms with Crippen LogP contribution in [0.2, 0.25) is 0 Å². The smallest absolute Gasteiger partial charge is 0.189 e. The molecule has 0 saturated heterocycles. The predicted octanol–water partition coefficient (Wildman–Crippen LogP) is 2.23. The van der Waals surface area contributed by atoms with Gasteiger partial charge in [-0.3, -0.25) is 4.57 Å². The lowest BCUT2D eigenvalue weighted by atomic mass is 10.2. The molecule has 1 heterocycles. The van der Waals surface area contributed by atoms with Crippen molar-refractivity contribution in [3.8, 4) is 5.69 Å². The summed E-state index contributed by atoms with van der Waals surface area (Å²) in [5, 5.41) is 11.4. The molecule has 0 radical (unpaired) electrons. The molecule has 0 unspecified atom stereocenters. The van der Waals surface area contributed by atoms with E-state index < -0.39 is 0 Å². The van der Waals surface area contributed by atoms with Crippen LogP contribution in [-0.2, 0) is 6.54 Å². The highest BCUT2D eigenvalue weighted by Crippen LogP contribution is 2.17. The van der Waals surface area contributed by atoms with Crippen molar-refractivity contribution in [3.63, 3.8) is 0 Å². The molecule has 0 aliphatic heterocycles. The Balaban J connectivity index is 0.00000176. The van der Waals surface area contributed by atoms with Crippen LogP contribution in [0, 0.1) is 0 Å². The lowest BCUT2D eigenvalue weighted by Crippen LogP contribution is -2.38. The first kappa shape index (κ1) is 16.7. The maximum absolute atomic E-state index is 5.94. The van der Waals surface area contributed by atoms with Crippen molar-refractivity contribution in [1.29, 1.82) is 0 Å². The third-order valence-electron chi connectivity index (χ3n) is 3.75. The Morgan fingerprint density at radius 3 is 2.73 bits per heavy atom. The van der Waals surface area contributed by atoms with Gasteiger partial charge in [-0.1, -0.05) is 31.0 Å². The van der Waals surface area contributed by atoms with Crippen LogP contribution in [0.15, 0.2) is 41.7 Å². The summed E-state index contributed by atoms with van der Waals surface area (Å²) >= 11 is 0. The molecule has 3 rings (SSSR count). The van der Waals surface area contributed by atoms with E-state index in [0.29, 0.717) is 18.5 Å². The van der Waals surface area contributed by atoms with Crippen molar-refractivity contribution in [3.05, 3.63) is 42.5 Å². The third kappa shape index (κ3) is 4.19. The maximum Gasteiger partial charge on any atom is 0.189 e. The second kappa shape index (κ2) is 8.11. The van der Waals surface area contributed by atoms with Gasteiger partial charge in [0.2, 0.25) is 0 Å². The zero-order chi connectivity index (χ0) is 14.5. The number of nitrogens with two attached hydrogens (primary N) is 1. The number of halogens is 1. The van der Waals surface area contributed by atoms with Crippen LogP contribution in [-0.4, -0.2) is 26.8 Å². The fraction of sp³-hybridized carbons (Fsp3) is 0.400. The molecule has 2 aromatic rings. The highest BCUT2D eigenvalue weighted by atomic mass is 127. The van der Waals surface area contributed by atoms with Gasteiger partial charge in [0, 0.05) is 11.7 Å². The number of rotatable bonds is 4. The van der Waals surface area contributed by atoms with Gasteiger partial charge in [-0.15, -0.1) is 34.2 Å². The topological polar surface area (TPSA) is 81.1 Å². The Morgan fingerprint density at radius 2 is 2.00 bits per heavy atom. The third-order valence-corrected chi connectivity index (χ3v) is 3.75. The van der Waals surface area contributed by atoms with E-state index in [1.54, 1.807) is 6.33 Å². The van der Waals surface area contributed by atoms with Gasteiger partial charge >= 0.3 is 0 Å². The van der Waals surface area contributed by atoms with Gasteiger partial charge in [0.1, 0.15) is 12.9 Å². The number of benzene rings is 1. The van der Waals surface area contributed by atoms with Crippen LogP contribution < -0.4 is 11.1 Å². The van der Waals surface area contributed by atoms with E-state index in [1.807, 2.05) is 34.9 Å². The van der Waals surface area contributed by atoms with Crippen molar-refractivity contribution < 1.29 is 0 Å². The van der Waals surface area contributed by atoms with Crippen LogP contribution in [0.5, 0.6) is 0 Å². The number of nitrogens with zero attached hydrogens (tertiary/aromatic N) is 4. The normalized spacial score (nSPS) is 15.5. The lowest BCUT2D eigenvalue weighted by molar-refractivity contribution is 0.624. The van der Waals surface area contributed by atoms with Gasteiger partial charge < -0.3 is 11.1 Å². The fourth-order valence-electron chi connectivity index (χ4n) is 2.65. The largest absolute Gasteiger partial charge is 0.370 e. The van der Waals surface area contributed by atoms with Crippen molar-refractivity contribution in [2.75, 3.05) is 0 Å². The summed E-state index contributed by atoms with van der Waals surface area (Å²) in [6.07, 6.45) is 6.59. The Hall–Kier alpha value is -1.64. The number of nitrogens with one attached hydrogen (secondary N) is 1. The van der Waals surface area contributed by atoms with Gasteiger partial charge in [0.05, 0.1) is 0 Å². The standard InChI is InChI=1S/C15H20N6.HI/c16-15(19-12-6-4-5-7-12)17-10-14-20-18-11-21(14)13-8-2-1-3-9-13;/h1-3,8-9,11-12H,4-7,10H2,(H3,16,17,19);1H.